The summed E-state index contributed by atoms with van der Waals surface area (Å²) >= 11 is 0. The molecule has 2 amide bonds. The number of nitrogens with one attached hydrogen (secondary N) is 1. The first-order valence-electron chi connectivity index (χ1n) is 8.45. The SMILES string of the molecule is CCN(c1ccc(NC(=O)CN2CCCCC2=O)cc1)C(C)C. The Balaban J connectivity index is 1.92. The maximum atomic E-state index is 12.1. The molecule has 1 saturated heterocycles. The minimum Gasteiger partial charge on any atom is -0.369 e. The van der Waals surface area contributed by atoms with Crippen molar-refractivity contribution in [1.82, 2.24) is 4.90 Å². The number of piperidine rings is 1. The van der Waals surface area contributed by atoms with Gasteiger partial charge in [0.05, 0.1) is 6.54 Å². The fourth-order valence-electron chi connectivity index (χ4n) is 2.98. The van der Waals surface area contributed by atoms with E-state index in [1.807, 2.05) is 24.3 Å². The van der Waals surface area contributed by atoms with Crippen LogP contribution in [0.25, 0.3) is 0 Å². The molecule has 1 aliphatic heterocycles. The number of benzene rings is 1. The fourth-order valence-corrected chi connectivity index (χ4v) is 2.98. The van der Waals surface area contributed by atoms with Crippen molar-refractivity contribution < 1.29 is 9.59 Å². The number of nitrogens with zero attached hydrogens (tertiary/aromatic N) is 2. The van der Waals surface area contributed by atoms with Gasteiger partial charge in [0.15, 0.2) is 0 Å². The van der Waals surface area contributed by atoms with Crippen LogP contribution >= 0.6 is 0 Å². The van der Waals surface area contributed by atoms with Gasteiger partial charge in [-0.05, 0) is 57.9 Å². The number of likely N-dealkylation sites (tertiary alicyclic amines) is 1. The highest BCUT2D eigenvalue weighted by molar-refractivity contribution is 5.94. The van der Waals surface area contributed by atoms with E-state index in [-0.39, 0.29) is 18.4 Å². The largest absolute Gasteiger partial charge is 0.369 e. The summed E-state index contributed by atoms with van der Waals surface area (Å²) in [6.45, 7) is 8.23. The molecular formula is C18H27N3O2. The van der Waals surface area contributed by atoms with Gasteiger partial charge in [0.1, 0.15) is 0 Å². The Labute approximate surface area is 138 Å². The number of hydrogen-bond donors (Lipinski definition) is 1. The Kier molecular flexibility index (Phi) is 6.02. The molecule has 1 heterocycles. The minimum atomic E-state index is -0.135. The predicted octanol–water partition coefficient (Wildman–Crippen LogP) is 2.87. The molecule has 126 valence electrons. The molecule has 23 heavy (non-hydrogen) atoms. The standard InChI is InChI=1S/C18H27N3O2/c1-4-21(14(2)3)16-10-8-15(9-11-16)19-17(22)13-20-12-6-5-7-18(20)23/h8-11,14H,4-7,12-13H2,1-3H3,(H,19,22). The van der Waals surface area contributed by atoms with Crippen molar-refractivity contribution in [2.45, 2.75) is 46.1 Å². The van der Waals surface area contributed by atoms with Gasteiger partial charge in [-0.1, -0.05) is 0 Å². The monoisotopic (exact) mass is 317 g/mol. The highest BCUT2D eigenvalue weighted by Gasteiger charge is 2.20. The zero-order chi connectivity index (χ0) is 16.8. The highest BCUT2D eigenvalue weighted by Crippen LogP contribution is 2.20. The lowest BCUT2D eigenvalue weighted by Gasteiger charge is -2.28. The van der Waals surface area contributed by atoms with Crippen LogP contribution in [0.2, 0.25) is 0 Å². The molecule has 1 N–H and O–H groups in total. The molecule has 1 aromatic rings. The van der Waals surface area contributed by atoms with Gasteiger partial charge in [0, 0.05) is 36.9 Å². The lowest BCUT2D eigenvalue weighted by Crippen LogP contribution is -2.40. The van der Waals surface area contributed by atoms with Crippen molar-refractivity contribution >= 4 is 23.2 Å². The van der Waals surface area contributed by atoms with E-state index in [0.717, 1.165) is 30.8 Å². The highest BCUT2D eigenvalue weighted by atomic mass is 16.2. The fraction of sp³-hybridized carbons (Fsp3) is 0.556. The molecule has 2 rings (SSSR count). The Morgan fingerprint density at radius 2 is 1.96 bits per heavy atom. The van der Waals surface area contributed by atoms with Crippen LogP contribution in [-0.2, 0) is 9.59 Å². The summed E-state index contributed by atoms with van der Waals surface area (Å²) in [5.41, 5.74) is 1.91. The summed E-state index contributed by atoms with van der Waals surface area (Å²) in [7, 11) is 0. The third-order valence-corrected chi connectivity index (χ3v) is 4.20. The molecule has 1 fully saturated rings. The Bertz CT molecular complexity index is 540. The summed E-state index contributed by atoms with van der Waals surface area (Å²) in [5, 5.41) is 2.87. The van der Waals surface area contributed by atoms with E-state index in [1.165, 1.54) is 0 Å². The van der Waals surface area contributed by atoms with Gasteiger partial charge < -0.3 is 15.1 Å². The zero-order valence-corrected chi connectivity index (χ0v) is 14.3. The van der Waals surface area contributed by atoms with Gasteiger partial charge in [-0.25, -0.2) is 0 Å². The zero-order valence-electron chi connectivity index (χ0n) is 14.3. The van der Waals surface area contributed by atoms with Crippen molar-refractivity contribution in [3.63, 3.8) is 0 Å². The molecule has 5 nitrogen and oxygen atoms in total. The third kappa shape index (κ3) is 4.71. The molecule has 0 aromatic heterocycles. The predicted molar refractivity (Wildman–Crippen MR) is 93.7 cm³/mol. The van der Waals surface area contributed by atoms with E-state index in [2.05, 4.69) is 31.0 Å². The number of amides is 2. The van der Waals surface area contributed by atoms with Crippen LogP contribution in [0.3, 0.4) is 0 Å². The molecule has 0 atom stereocenters. The van der Waals surface area contributed by atoms with Crippen LogP contribution in [0.5, 0.6) is 0 Å². The first-order chi connectivity index (χ1) is 11.0. The van der Waals surface area contributed by atoms with Gasteiger partial charge >= 0.3 is 0 Å². The van der Waals surface area contributed by atoms with Crippen LogP contribution in [-0.4, -0.2) is 42.4 Å². The maximum Gasteiger partial charge on any atom is 0.243 e. The Morgan fingerprint density at radius 1 is 1.26 bits per heavy atom. The normalized spacial score (nSPS) is 15.0. The second-order valence-electron chi connectivity index (χ2n) is 6.25. The number of rotatable bonds is 6. The Morgan fingerprint density at radius 3 is 2.52 bits per heavy atom. The Hall–Kier alpha value is -2.04. The number of anilines is 2. The molecular weight excluding hydrogens is 290 g/mol. The van der Waals surface area contributed by atoms with Gasteiger partial charge in [-0.2, -0.15) is 0 Å². The molecule has 0 saturated carbocycles. The van der Waals surface area contributed by atoms with Gasteiger partial charge in [0.2, 0.25) is 11.8 Å². The van der Waals surface area contributed by atoms with Crippen LogP contribution in [0.15, 0.2) is 24.3 Å². The van der Waals surface area contributed by atoms with Crippen LogP contribution in [0.1, 0.15) is 40.0 Å². The van der Waals surface area contributed by atoms with Crippen LogP contribution < -0.4 is 10.2 Å². The van der Waals surface area contributed by atoms with E-state index in [0.29, 0.717) is 19.0 Å². The quantitative estimate of drug-likeness (QED) is 0.878. The van der Waals surface area contributed by atoms with Crippen LogP contribution in [0.4, 0.5) is 11.4 Å². The maximum absolute atomic E-state index is 12.1. The third-order valence-electron chi connectivity index (χ3n) is 4.20. The van der Waals surface area contributed by atoms with Crippen molar-refractivity contribution in [3.05, 3.63) is 24.3 Å². The molecule has 0 bridgehead atoms. The van der Waals surface area contributed by atoms with Gasteiger partial charge in [-0.15, -0.1) is 0 Å². The lowest BCUT2D eigenvalue weighted by molar-refractivity contribution is -0.136. The number of carbonyl (C=O) groups is 2. The van der Waals surface area contributed by atoms with E-state index < -0.39 is 0 Å². The minimum absolute atomic E-state index is 0.0808. The van der Waals surface area contributed by atoms with Crippen molar-refractivity contribution in [3.8, 4) is 0 Å². The molecule has 5 heteroatoms. The second-order valence-corrected chi connectivity index (χ2v) is 6.25. The molecule has 1 aliphatic rings. The average Bonchev–Trinajstić information content (AvgIpc) is 2.51. The summed E-state index contributed by atoms with van der Waals surface area (Å²) in [6, 6.07) is 8.30. The van der Waals surface area contributed by atoms with Crippen molar-refractivity contribution in [1.29, 1.82) is 0 Å². The van der Waals surface area contributed by atoms with Gasteiger partial charge in [-0.3, -0.25) is 9.59 Å². The first kappa shape index (κ1) is 17.3. The topological polar surface area (TPSA) is 52.7 Å². The number of carbonyl (C=O) groups excluding carboxylic acids is 2. The smallest absolute Gasteiger partial charge is 0.243 e. The summed E-state index contributed by atoms with van der Waals surface area (Å²) < 4.78 is 0. The van der Waals surface area contributed by atoms with Crippen molar-refractivity contribution in [2.75, 3.05) is 29.9 Å². The molecule has 0 spiro atoms. The molecule has 0 aliphatic carbocycles. The van der Waals surface area contributed by atoms with Crippen molar-refractivity contribution in [2.24, 2.45) is 0 Å². The average molecular weight is 317 g/mol. The van der Waals surface area contributed by atoms with Crippen LogP contribution in [0, 0.1) is 0 Å². The summed E-state index contributed by atoms with van der Waals surface area (Å²) in [4.78, 5) is 27.8. The summed E-state index contributed by atoms with van der Waals surface area (Å²) in [6.07, 6.45) is 2.47. The van der Waals surface area contributed by atoms with E-state index in [1.54, 1.807) is 4.90 Å². The second kappa shape index (κ2) is 7.99. The van der Waals surface area contributed by atoms with E-state index in [9.17, 15) is 9.59 Å². The molecule has 0 radical (unpaired) electrons. The van der Waals surface area contributed by atoms with Gasteiger partial charge in [0.25, 0.3) is 0 Å². The lowest BCUT2D eigenvalue weighted by atomic mass is 10.1. The summed E-state index contributed by atoms with van der Waals surface area (Å²) in [5.74, 6) is -0.0542. The molecule has 0 unspecified atom stereocenters. The van der Waals surface area contributed by atoms with E-state index in [4.69, 9.17) is 0 Å². The first-order valence-corrected chi connectivity index (χ1v) is 8.45. The van der Waals surface area contributed by atoms with E-state index >= 15 is 0 Å². The molecule has 1 aromatic carbocycles. The number of hydrogen-bond acceptors (Lipinski definition) is 3.